The summed E-state index contributed by atoms with van der Waals surface area (Å²) < 4.78 is 30.6. The molecular formula is C13H18N2O4S. The fourth-order valence-corrected chi connectivity index (χ4v) is 3.14. The molecule has 1 aliphatic rings. The lowest BCUT2D eigenvalue weighted by molar-refractivity contribution is 0.0985. The number of carbonyl (C=O) groups excluding carboxylic acids is 1. The minimum absolute atomic E-state index is 0.109. The van der Waals surface area contributed by atoms with Gasteiger partial charge in [-0.2, -0.15) is 0 Å². The normalized spacial score (nSPS) is 18.4. The molecule has 1 aromatic rings. The highest BCUT2D eigenvalue weighted by molar-refractivity contribution is 7.92. The lowest BCUT2D eigenvalue weighted by Gasteiger charge is -2.33. The molecule has 0 radical (unpaired) electrons. The van der Waals surface area contributed by atoms with E-state index in [2.05, 4.69) is 0 Å². The number of anilines is 1. The van der Waals surface area contributed by atoms with Gasteiger partial charge < -0.3 is 10.5 Å². The molecule has 7 heteroatoms. The summed E-state index contributed by atoms with van der Waals surface area (Å²) in [6.07, 6.45) is 1.14. The van der Waals surface area contributed by atoms with Crippen molar-refractivity contribution in [1.82, 2.24) is 0 Å². The number of ether oxygens (including phenoxy) is 1. The maximum absolute atomic E-state index is 11.9. The first kappa shape index (κ1) is 14.8. The average molecular weight is 298 g/mol. The van der Waals surface area contributed by atoms with Gasteiger partial charge >= 0.3 is 0 Å². The van der Waals surface area contributed by atoms with Crippen LogP contribution in [0.2, 0.25) is 0 Å². The van der Waals surface area contributed by atoms with Gasteiger partial charge in [-0.25, -0.2) is 8.42 Å². The largest absolute Gasteiger partial charge is 0.487 e. The number of Topliss-reactive ketones (excluding diaryl/α,β-unsaturated/α-hetero) is 1. The molecule has 0 saturated carbocycles. The van der Waals surface area contributed by atoms with Gasteiger partial charge in [0.1, 0.15) is 11.9 Å². The van der Waals surface area contributed by atoms with E-state index in [0.717, 1.165) is 6.26 Å². The van der Waals surface area contributed by atoms with E-state index in [-0.39, 0.29) is 31.4 Å². The van der Waals surface area contributed by atoms with Crippen molar-refractivity contribution in [2.75, 3.05) is 23.7 Å². The SMILES string of the molecule is CC1CN(S(C)(=O)=O)c2cc(C(=O)CCN)ccc2O1. The molecule has 0 fully saturated rings. The highest BCUT2D eigenvalue weighted by Crippen LogP contribution is 2.35. The van der Waals surface area contributed by atoms with E-state index in [9.17, 15) is 13.2 Å². The first-order valence-electron chi connectivity index (χ1n) is 6.34. The number of hydrogen-bond acceptors (Lipinski definition) is 5. The third kappa shape index (κ3) is 2.94. The van der Waals surface area contributed by atoms with Crippen molar-refractivity contribution in [3.63, 3.8) is 0 Å². The van der Waals surface area contributed by atoms with Gasteiger partial charge in [0, 0.05) is 12.0 Å². The van der Waals surface area contributed by atoms with Crippen molar-refractivity contribution in [2.24, 2.45) is 5.73 Å². The summed E-state index contributed by atoms with van der Waals surface area (Å²) in [5.74, 6) is 0.362. The van der Waals surface area contributed by atoms with Gasteiger partial charge in [0.05, 0.1) is 18.5 Å². The number of hydrogen-bond donors (Lipinski definition) is 1. The van der Waals surface area contributed by atoms with Crippen LogP contribution in [-0.2, 0) is 10.0 Å². The number of carbonyl (C=O) groups is 1. The molecule has 1 atom stereocenters. The Morgan fingerprint density at radius 1 is 1.50 bits per heavy atom. The van der Waals surface area contributed by atoms with Crippen LogP contribution in [0.1, 0.15) is 23.7 Å². The zero-order valence-electron chi connectivity index (χ0n) is 11.5. The lowest BCUT2D eigenvalue weighted by atomic mass is 10.1. The van der Waals surface area contributed by atoms with Gasteiger partial charge in [-0.1, -0.05) is 0 Å². The quantitative estimate of drug-likeness (QED) is 0.829. The molecule has 0 amide bonds. The minimum Gasteiger partial charge on any atom is -0.487 e. The molecule has 2 rings (SSSR count). The summed E-state index contributed by atoms with van der Waals surface area (Å²) >= 11 is 0. The Morgan fingerprint density at radius 3 is 2.80 bits per heavy atom. The molecule has 0 bridgehead atoms. The van der Waals surface area contributed by atoms with Crippen LogP contribution in [0.3, 0.4) is 0 Å². The first-order valence-corrected chi connectivity index (χ1v) is 8.19. The van der Waals surface area contributed by atoms with E-state index in [1.807, 2.05) is 0 Å². The maximum atomic E-state index is 11.9. The van der Waals surface area contributed by atoms with Crippen molar-refractivity contribution < 1.29 is 17.9 Å². The van der Waals surface area contributed by atoms with Gasteiger partial charge in [-0.3, -0.25) is 9.10 Å². The zero-order valence-corrected chi connectivity index (χ0v) is 12.3. The number of nitrogens with two attached hydrogens (primary N) is 1. The topological polar surface area (TPSA) is 89.7 Å². The third-order valence-corrected chi connectivity index (χ3v) is 4.22. The van der Waals surface area contributed by atoms with Crippen molar-refractivity contribution in [1.29, 1.82) is 0 Å². The number of ketones is 1. The van der Waals surface area contributed by atoms with Crippen molar-refractivity contribution >= 4 is 21.5 Å². The van der Waals surface area contributed by atoms with Crippen LogP contribution in [0.25, 0.3) is 0 Å². The van der Waals surface area contributed by atoms with Crippen LogP contribution in [0.5, 0.6) is 5.75 Å². The second-order valence-corrected chi connectivity index (χ2v) is 6.77. The Labute approximate surface area is 118 Å². The summed E-state index contributed by atoms with van der Waals surface area (Å²) in [6, 6.07) is 4.82. The van der Waals surface area contributed by atoms with E-state index in [0.29, 0.717) is 17.0 Å². The molecule has 0 spiro atoms. The van der Waals surface area contributed by atoms with Crippen LogP contribution >= 0.6 is 0 Å². The zero-order chi connectivity index (χ0) is 14.9. The van der Waals surface area contributed by atoms with Gasteiger partial charge in [0.15, 0.2) is 5.78 Å². The Balaban J connectivity index is 2.47. The maximum Gasteiger partial charge on any atom is 0.232 e. The Hall–Kier alpha value is -1.60. The Bertz CT molecular complexity index is 627. The monoisotopic (exact) mass is 298 g/mol. The summed E-state index contributed by atoms with van der Waals surface area (Å²) in [4.78, 5) is 11.9. The predicted molar refractivity (Wildman–Crippen MR) is 76.7 cm³/mol. The molecule has 2 N–H and O–H groups in total. The highest BCUT2D eigenvalue weighted by Gasteiger charge is 2.29. The van der Waals surface area contributed by atoms with E-state index in [1.54, 1.807) is 25.1 Å². The number of nitrogens with zero attached hydrogens (tertiary/aromatic N) is 1. The van der Waals surface area contributed by atoms with Gasteiger partial charge in [0.2, 0.25) is 10.0 Å². The lowest BCUT2D eigenvalue weighted by Crippen LogP contribution is -2.41. The van der Waals surface area contributed by atoms with Crippen LogP contribution in [0, 0.1) is 0 Å². The van der Waals surface area contributed by atoms with Crippen LogP contribution in [0.15, 0.2) is 18.2 Å². The smallest absolute Gasteiger partial charge is 0.232 e. The molecule has 1 unspecified atom stereocenters. The average Bonchev–Trinajstić information content (AvgIpc) is 2.36. The molecule has 0 aromatic heterocycles. The predicted octanol–water partition coefficient (Wildman–Crippen LogP) is 0.765. The molecule has 1 heterocycles. The van der Waals surface area contributed by atoms with Crippen LogP contribution in [0.4, 0.5) is 5.69 Å². The second-order valence-electron chi connectivity index (χ2n) is 4.87. The molecule has 6 nitrogen and oxygen atoms in total. The van der Waals surface area contributed by atoms with Crippen LogP contribution in [-0.4, -0.2) is 39.7 Å². The van der Waals surface area contributed by atoms with Gasteiger partial charge in [0.25, 0.3) is 0 Å². The van der Waals surface area contributed by atoms with Crippen molar-refractivity contribution in [3.05, 3.63) is 23.8 Å². The van der Waals surface area contributed by atoms with Crippen molar-refractivity contribution in [3.8, 4) is 5.75 Å². The fourth-order valence-electron chi connectivity index (χ4n) is 2.16. The van der Waals surface area contributed by atoms with Crippen LogP contribution < -0.4 is 14.8 Å². The summed E-state index contributed by atoms with van der Waals surface area (Å²) in [5, 5.41) is 0. The third-order valence-electron chi connectivity index (χ3n) is 3.07. The van der Waals surface area contributed by atoms with E-state index in [4.69, 9.17) is 10.5 Å². The van der Waals surface area contributed by atoms with Gasteiger partial charge in [-0.15, -0.1) is 0 Å². The second kappa shape index (κ2) is 5.41. The number of fused-ring (bicyclic) bond motifs is 1. The number of sulfonamides is 1. The first-order chi connectivity index (χ1) is 9.32. The summed E-state index contributed by atoms with van der Waals surface area (Å²) in [7, 11) is -3.41. The standard InChI is InChI=1S/C13H18N2O4S/c1-9-8-15(20(2,17)18)11-7-10(12(16)5-6-14)3-4-13(11)19-9/h3-4,7,9H,5-6,8,14H2,1-2H3. The molecule has 0 saturated heterocycles. The molecule has 1 aliphatic heterocycles. The molecule has 1 aromatic carbocycles. The highest BCUT2D eigenvalue weighted by atomic mass is 32.2. The van der Waals surface area contributed by atoms with Crippen molar-refractivity contribution in [2.45, 2.75) is 19.4 Å². The van der Waals surface area contributed by atoms with Gasteiger partial charge in [-0.05, 0) is 31.7 Å². The summed E-state index contributed by atoms with van der Waals surface area (Å²) in [6.45, 7) is 2.30. The number of benzene rings is 1. The summed E-state index contributed by atoms with van der Waals surface area (Å²) in [5.41, 5.74) is 6.22. The molecule has 0 aliphatic carbocycles. The van der Waals surface area contributed by atoms with E-state index in [1.165, 1.54) is 4.31 Å². The fraction of sp³-hybridized carbons (Fsp3) is 0.462. The molecule has 110 valence electrons. The van der Waals surface area contributed by atoms with E-state index < -0.39 is 10.0 Å². The molecule has 20 heavy (non-hydrogen) atoms. The Kier molecular flexibility index (Phi) is 4.01. The molecular weight excluding hydrogens is 280 g/mol. The Morgan fingerprint density at radius 2 is 2.20 bits per heavy atom. The minimum atomic E-state index is -3.41. The van der Waals surface area contributed by atoms with E-state index >= 15 is 0 Å². The number of rotatable bonds is 4.